The van der Waals surface area contributed by atoms with E-state index in [1.807, 2.05) is 31.2 Å². The van der Waals surface area contributed by atoms with Gasteiger partial charge in [-0.25, -0.2) is 4.79 Å². The van der Waals surface area contributed by atoms with E-state index in [1.54, 1.807) is 14.0 Å². The number of esters is 1. The minimum atomic E-state index is -0.483. The molecule has 1 N–H and O–H groups in total. The van der Waals surface area contributed by atoms with Crippen LogP contribution in [-0.4, -0.2) is 37.9 Å². The summed E-state index contributed by atoms with van der Waals surface area (Å²) >= 11 is 0. The van der Waals surface area contributed by atoms with Crippen LogP contribution in [0.25, 0.3) is 0 Å². The molecule has 0 spiro atoms. The fourth-order valence-corrected chi connectivity index (χ4v) is 2.48. The maximum atomic E-state index is 12.2. The van der Waals surface area contributed by atoms with E-state index < -0.39 is 6.04 Å². The zero-order valence-corrected chi connectivity index (χ0v) is 12.8. The minimum absolute atomic E-state index is 0.152. The number of anilines is 1. The molecule has 0 aromatic heterocycles. The van der Waals surface area contributed by atoms with Crippen LogP contribution in [0.15, 0.2) is 24.3 Å². The second-order valence-electron chi connectivity index (χ2n) is 5.17. The van der Waals surface area contributed by atoms with Gasteiger partial charge in [0.1, 0.15) is 5.75 Å². The van der Waals surface area contributed by atoms with Crippen LogP contribution in [0.4, 0.5) is 5.69 Å². The van der Waals surface area contributed by atoms with Gasteiger partial charge in [0.05, 0.1) is 25.9 Å². The Bertz CT molecular complexity index is 460. The van der Waals surface area contributed by atoms with Crippen molar-refractivity contribution in [3.63, 3.8) is 0 Å². The molecule has 0 amide bonds. The van der Waals surface area contributed by atoms with Crippen molar-refractivity contribution in [1.29, 1.82) is 0 Å². The Labute approximate surface area is 125 Å². The summed E-state index contributed by atoms with van der Waals surface area (Å²) in [6.45, 7) is 4.19. The minimum Gasteiger partial charge on any atom is -0.497 e. The van der Waals surface area contributed by atoms with E-state index in [2.05, 4.69) is 5.32 Å². The van der Waals surface area contributed by atoms with Crippen LogP contribution in [0, 0.1) is 0 Å². The number of carbonyl (C=O) groups excluding carboxylic acids is 1. The van der Waals surface area contributed by atoms with E-state index in [1.165, 1.54) is 0 Å². The van der Waals surface area contributed by atoms with Gasteiger partial charge < -0.3 is 19.5 Å². The first-order chi connectivity index (χ1) is 10.1. The maximum Gasteiger partial charge on any atom is 0.331 e. The molecule has 1 aliphatic heterocycles. The second-order valence-corrected chi connectivity index (χ2v) is 5.17. The molecular weight excluding hydrogens is 270 g/mol. The van der Waals surface area contributed by atoms with Crippen LogP contribution in [-0.2, 0) is 14.3 Å². The van der Waals surface area contributed by atoms with E-state index in [0.717, 1.165) is 24.3 Å². The molecule has 3 atom stereocenters. The van der Waals surface area contributed by atoms with Crippen molar-refractivity contribution in [2.75, 3.05) is 19.0 Å². The van der Waals surface area contributed by atoms with Crippen molar-refractivity contribution in [2.24, 2.45) is 0 Å². The molecule has 1 heterocycles. The van der Waals surface area contributed by atoms with Gasteiger partial charge in [-0.05, 0) is 51.0 Å². The van der Waals surface area contributed by atoms with Crippen molar-refractivity contribution < 1.29 is 19.0 Å². The molecule has 0 aliphatic carbocycles. The van der Waals surface area contributed by atoms with Gasteiger partial charge in [0.25, 0.3) is 0 Å². The van der Waals surface area contributed by atoms with E-state index in [0.29, 0.717) is 6.61 Å². The molecule has 5 heteroatoms. The number of nitrogens with one attached hydrogen (secondary N) is 1. The zero-order chi connectivity index (χ0) is 15.2. The lowest BCUT2D eigenvalue weighted by atomic mass is 10.1. The molecule has 116 valence electrons. The smallest absolute Gasteiger partial charge is 0.331 e. The van der Waals surface area contributed by atoms with E-state index in [-0.39, 0.29) is 18.2 Å². The van der Waals surface area contributed by atoms with E-state index in [9.17, 15) is 4.79 Å². The van der Waals surface area contributed by atoms with E-state index >= 15 is 0 Å². The van der Waals surface area contributed by atoms with Gasteiger partial charge in [-0.1, -0.05) is 0 Å². The number of rotatable bonds is 6. The highest BCUT2D eigenvalue weighted by molar-refractivity contribution is 5.80. The highest BCUT2D eigenvalue weighted by atomic mass is 16.5. The summed E-state index contributed by atoms with van der Waals surface area (Å²) in [6.07, 6.45) is 1.85. The van der Waals surface area contributed by atoms with Gasteiger partial charge in [0.15, 0.2) is 6.04 Å². The number of carbonyl (C=O) groups is 1. The average Bonchev–Trinajstić information content (AvgIpc) is 2.92. The van der Waals surface area contributed by atoms with Crippen LogP contribution in [0.1, 0.15) is 26.7 Å². The molecule has 0 radical (unpaired) electrons. The van der Waals surface area contributed by atoms with Crippen molar-refractivity contribution in [2.45, 2.75) is 44.9 Å². The highest BCUT2D eigenvalue weighted by Crippen LogP contribution is 2.25. The average molecular weight is 293 g/mol. The maximum absolute atomic E-state index is 12.2. The van der Waals surface area contributed by atoms with Gasteiger partial charge in [-0.15, -0.1) is 0 Å². The largest absolute Gasteiger partial charge is 0.497 e. The third-order valence-corrected chi connectivity index (χ3v) is 3.59. The summed E-state index contributed by atoms with van der Waals surface area (Å²) in [7, 11) is 1.62. The van der Waals surface area contributed by atoms with Gasteiger partial charge in [-0.3, -0.25) is 0 Å². The summed E-state index contributed by atoms with van der Waals surface area (Å²) in [5.74, 6) is 0.506. The molecule has 1 fully saturated rings. The Morgan fingerprint density at radius 3 is 2.62 bits per heavy atom. The first-order valence-electron chi connectivity index (χ1n) is 7.36. The van der Waals surface area contributed by atoms with Crippen molar-refractivity contribution in [1.82, 2.24) is 0 Å². The lowest BCUT2D eigenvalue weighted by molar-refractivity contribution is -0.147. The number of hydrogen-bond donors (Lipinski definition) is 1. The monoisotopic (exact) mass is 293 g/mol. The predicted octanol–water partition coefficient (Wildman–Crippen LogP) is 2.61. The summed E-state index contributed by atoms with van der Waals surface area (Å²) in [6, 6.07) is 6.97. The highest BCUT2D eigenvalue weighted by Gasteiger charge is 2.35. The first-order valence-corrected chi connectivity index (χ1v) is 7.36. The topological polar surface area (TPSA) is 56.8 Å². The zero-order valence-electron chi connectivity index (χ0n) is 12.8. The number of ether oxygens (including phenoxy) is 3. The standard InChI is InChI=1S/C16H23NO4/c1-4-20-16(18)15(14-10-5-11(2)21-14)17-12-6-8-13(19-3)9-7-12/h6-9,11,14-15,17H,4-5,10H2,1-3H3. The van der Waals surface area contributed by atoms with Crippen molar-refractivity contribution in [3.8, 4) is 5.75 Å². The van der Waals surface area contributed by atoms with Crippen LogP contribution in [0.3, 0.4) is 0 Å². The van der Waals surface area contributed by atoms with Crippen molar-refractivity contribution in [3.05, 3.63) is 24.3 Å². The molecule has 21 heavy (non-hydrogen) atoms. The SMILES string of the molecule is CCOC(=O)C(Nc1ccc(OC)cc1)C1CCC(C)O1. The molecule has 1 saturated heterocycles. The predicted molar refractivity (Wildman–Crippen MR) is 80.6 cm³/mol. The Balaban J connectivity index is 2.08. The lowest BCUT2D eigenvalue weighted by Gasteiger charge is -2.24. The van der Waals surface area contributed by atoms with Crippen LogP contribution in [0.2, 0.25) is 0 Å². The molecule has 5 nitrogen and oxygen atoms in total. The third-order valence-electron chi connectivity index (χ3n) is 3.59. The fraction of sp³-hybridized carbons (Fsp3) is 0.562. The van der Waals surface area contributed by atoms with Crippen LogP contribution in [0.5, 0.6) is 5.75 Å². The molecule has 0 saturated carbocycles. The number of methoxy groups -OCH3 is 1. The molecule has 1 aromatic rings. The van der Waals surface area contributed by atoms with Gasteiger partial charge >= 0.3 is 5.97 Å². The number of hydrogen-bond acceptors (Lipinski definition) is 5. The molecule has 1 aromatic carbocycles. The Kier molecular flexibility index (Phi) is 5.44. The molecule has 0 bridgehead atoms. The summed E-state index contributed by atoms with van der Waals surface area (Å²) < 4.78 is 16.1. The Hall–Kier alpha value is -1.75. The van der Waals surface area contributed by atoms with Crippen LogP contribution < -0.4 is 10.1 Å². The molecular formula is C16H23NO4. The van der Waals surface area contributed by atoms with E-state index in [4.69, 9.17) is 14.2 Å². The van der Waals surface area contributed by atoms with Gasteiger partial charge in [0, 0.05) is 5.69 Å². The first kappa shape index (κ1) is 15.6. The quantitative estimate of drug-likeness (QED) is 0.817. The van der Waals surface area contributed by atoms with Gasteiger partial charge in [0.2, 0.25) is 0 Å². The normalized spacial score (nSPS) is 22.6. The molecule has 3 unspecified atom stereocenters. The summed E-state index contributed by atoms with van der Waals surface area (Å²) in [5, 5.41) is 3.22. The van der Waals surface area contributed by atoms with Crippen LogP contribution >= 0.6 is 0 Å². The Morgan fingerprint density at radius 2 is 2.10 bits per heavy atom. The second kappa shape index (κ2) is 7.31. The Morgan fingerprint density at radius 1 is 1.38 bits per heavy atom. The lowest BCUT2D eigenvalue weighted by Crippen LogP contribution is -2.42. The summed E-state index contributed by atoms with van der Waals surface area (Å²) in [5.41, 5.74) is 0.844. The van der Waals surface area contributed by atoms with Crippen molar-refractivity contribution >= 4 is 11.7 Å². The molecule has 2 rings (SSSR count). The fourth-order valence-electron chi connectivity index (χ4n) is 2.48. The summed E-state index contributed by atoms with van der Waals surface area (Å²) in [4.78, 5) is 12.2. The van der Waals surface area contributed by atoms with Gasteiger partial charge in [-0.2, -0.15) is 0 Å². The molecule has 1 aliphatic rings. The number of benzene rings is 1. The third kappa shape index (κ3) is 4.11.